The number of carbonyl (C=O) groups is 3. The van der Waals surface area contributed by atoms with E-state index in [1.54, 1.807) is 0 Å². The molecule has 1 aromatic rings. The number of esters is 1. The van der Waals surface area contributed by atoms with E-state index < -0.39 is 0 Å². The molecule has 31 heavy (non-hydrogen) atoms. The Hall–Kier alpha value is -2.45. The van der Waals surface area contributed by atoms with Gasteiger partial charge in [0.1, 0.15) is 0 Å². The molecular weight excluding hydrogens is 396 g/mol. The van der Waals surface area contributed by atoms with Crippen LogP contribution in [-0.4, -0.2) is 92.0 Å². The van der Waals surface area contributed by atoms with Gasteiger partial charge in [-0.15, -0.1) is 0 Å². The van der Waals surface area contributed by atoms with Gasteiger partial charge in [0.15, 0.2) is 0 Å². The van der Waals surface area contributed by atoms with Crippen molar-refractivity contribution >= 4 is 23.5 Å². The maximum Gasteiger partial charge on any atom is 0.309 e. The van der Waals surface area contributed by atoms with Crippen LogP contribution in [0.5, 0.6) is 0 Å². The Morgan fingerprint density at radius 2 is 1.81 bits per heavy atom. The number of hydrogen-bond acceptors (Lipinski definition) is 6. The van der Waals surface area contributed by atoms with Crippen molar-refractivity contribution in [1.82, 2.24) is 14.7 Å². The van der Waals surface area contributed by atoms with Crippen molar-refractivity contribution in [3.63, 3.8) is 0 Å². The lowest BCUT2D eigenvalue weighted by Crippen LogP contribution is -2.52. The number of amides is 2. The summed E-state index contributed by atoms with van der Waals surface area (Å²) in [5, 5.41) is 3.00. The first kappa shape index (κ1) is 24.8. The normalized spacial score (nSPS) is 15.6. The van der Waals surface area contributed by atoms with Crippen LogP contribution in [0.2, 0.25) is 0 Å². The first-order valence-electron chi connectivity index (χ1n) is 11.1. The van der Waals surface area contributed by atoms with Crippen molar-refractivity contribution in [3.8, 4) is 0 Å². The molecule has 1 unspecified atom stereocenters. The van der Waals surface area contributed by atoms with Gasteiger partial charge in [-0.1, -0.05) is 39.0 Å². The van der Waals surface area contributed by atoms with Gasteiger partial charge in [-0.2, -0.15) is 0 Å². The fraction of sp³-hybridized carbons (Fsp3) is 0.609. The Morgan fingerprint density at radius 1 is 1.13 bits per heavy atom. The number of nitrogens with zero attached hydrogens (tertiary/aromatic N) is 3. The topological polar surface area (TPSA) is 82.2 Å². The summed E-state index contributed by atoms with van der Waals surface area (Å²) in [6.45, 7) is 10.2. The van der Waals surface area contributed by atoms with Crippen molar-refractivity contribution in [2.24, 2.45) is 5.92 Å². The second-order valence-electron chi connectivity index (χ2n) is 7.97. The van der Waals surface area contributed by atoms with Crippen LogP contribution >= 0.6 is 0 Å². The van der Waals surface area contributed by atoms with Gasteiger partial charge < -0.3 is 15.0 Å². The number of nitrogens with one attached hydrogen (secondary N) is 1. The highest BCUT2D eigenvalue weighted by molar-refractivity contribution is 5.93. The third-order valence-electron chi connectivity index (χ3n) is 5.71. The fourth-order valence-electron chi connectivity index (χ4n) is 3.76. The third kappa shape index (κ3) is 7.63. The first-order chi connectivity index (χ1) is 14.9. The van der Waals surface area contributed by atoms with E-state index in [9.17, 15) is 14.4 Å². The Morgan fingerprint density at radius 3 is 2.42 bits per heavy atom. The molecule has 1 heterocycles. The summed E-state index contributed by atoms with van der Waals surface area (Å²) in [6.07, 6.45) is 0.865. The van der Waals surface area contributed by atoms with Crippen LogP contribution in [0.25, 0.3) is 0 Å². The average Bonchev–Trinajstić information content (AvgIpc) is 2.78. The molecule has 2 amide bonds. The molecule has 1 atom stereocenters. The minimum Gasteiger partial charge on any atom is -0.469 e. The Kier molecular flexibility index (Phi) is 9.94. The molecule has 1 aromatic carbocycles. The van der Waals surface area contributed by atoms with Gasteiger partial charge in [-0.25, -0.2) is 0 Å². The van der Waals surface area contributed by atoms with Crippen molar-refractivity contribution < 1.29 is 19.1 Å². The lowest BCUT2D eigenvalue weighted by atomic mass is 10.1. The number of anilines is 1. The molecular formula is C23H36N4O4. The Labute approximate surface area is 185 Å². The van der Waals surface area contributed by atoms with Gasteiger partial charge in [0, 0.05) is 38.4 Å². The standard InChI is InChI=1S/C23H36N4O4/c1-5-19-9-7-8-10-20(19)24-21(28)16-26-11-13-27(14-12-26)22(29)17-25(6-2)15-18(3)23(30)31-4/h7-10,18H,5-6,11-17H2,1-4H3,(H,24,28). The molecule has 0 radical (unpaired) electrons. The van der Waals surface area contributed by atoms with E-state index in [0.717, 1.165) is 17.7 Å². The second kappa shape index (κ2) is 12.4. The maximum atomic E-state index is 12.7. The number of methoxy groups -OCH3 is 1. The zero-order chi connectivity index (χ0) is 22.8. The Bertz CT molecular complexity index is 747. The van der Waals surface area contributed by atoms with E-state index in [2.05, 4.69) is 17.1 Å². The number of carbonyl (C=O) groups excluding carboxylic acids is 3. The molecule has 2 rings (SSSR count). The monoisotopic (exact) mass is 432 g/mol. The Balaban J connectivity index is 1.77. The minimum atomic E-state index is -0.272. The molecule has 8 heteroatoms. The molecule has 1 aliphatic heterocycles. The third-order valence-corrected chi connectivity index (χ3v) is 5.71. The predicted octanol–water partition coefficient (Wildman–Crippen LogP) is 1.46. The highest BCUT2D eigenvalue weighted by atomic mass is 16.5. The van der Waals surface area contributed by atoms with Crippen molar-refractivity contribution in [2.45, 2.75) is 27.2 Å². The molecule has 0 spiro atoms. The predicted molar refractivity (Wildman–Crippen MR) is 121 cm³/mol. The van der Waals surface area contributed by atoms with Crippen molar-refractivity contribution in [1.29, 1.82) is 0 Å². The number of likely N-dealkylation sites (N-methyl/N-ethyl adjacent to an activating group) is 1. The van der Waals surface area contributed by atoms with Gasteiger partial charge in [-0.3, -0.25) is 24.2 Å². The van der Waals surface area contributed by atoms with E-state index >= 15 is 0 Å². The SMILES string of the molecule is CCc1ccccc1NC(=O)CN1CCN(C(=O)CN(CC)CC(C)C(=O)OC)CC1. The van der Waals surface area contributed by atoms with Gasteiger partial charge >= 0.3 is 5.97 Å². The summed E-state index contributed by atoms with van der Waals surface area (Å²) in [5.41, 5.74) is 1.98. The van der Waals surface area contributed by atoms with Crippen LogP contribution in [0.15, 0.2) is 24.3 Å². The molecule has 0 saturated carbocycles. The van der Waals surface area contributed by atoms with E-state index in [-0.39, 0.29) is 30.2 Å². The van der Waals surface area contributed by atoms with Gasteiger partial charge in [-0.05, 0) is 24.6 Å². The van der Waals surface area contributed by atoms with E-state index in [4.69, 9.17) is 4.74 Å². The average molecular weight is 433 g/mol. The number of para-hydroxylation sites is 1. The summed E-state index contributed by atoms with van der Waals surface area (Å²) >= 11 is 0. The van der Waals surface area contributed by atoms with Crippen LogP contribution in [0.3, 0.4) is 0 Å². The van der Waals surface area contributed by atoms with Crippen LogP contribution in [0, 0.1) is 5.92 Å². The summed E-state index contributed by atoms with van der Waals surface area (Å²) in [4.78, 5) is 42.7. The van der Waals surface area contributed by atoms with Crippen molar-refractivity contribution in [3.05, 3.63) is 29.8 Å². The number of piperazine rings is 1. The van der Waals surface area contributed by atoms with Crippen LogP contribution < -0.4 is 5.32 Å². The largest absolute Gasteiger partial charge is 0.469 e. The zero-order valence-electron chi connectivity index (χ0n) is 19.2. The fourth-order valence-corrected chi connectivity index (χ4v) is 3.76. The molecule has 0 bridgehead atoms. The molecule has 172 valence electrons. The van der Waals surface area contributed by atoms with Crippen LogP contribution in [-0.2, 0) is 25.5 Å². The highest BCUT2D eigenvalue weighted by Crippen LogP contribution is 2.15. The van der Waals surface area contributed by atoms with Crippen LogP contribution in [0.1, 0.15) is 26.3 Å². The smallest absolute Gasteiger partial charge is 0.309 e. The first-order valence-corrected chi connectivity index (χ1v) is 11.1. The zero-order valence-corrected chi connectivity index (χ0v) is 19.2. The summed E-state index contributed by atoms with van der Waals surface area (Å²) < 4.78 is 4.77. The minimum absolute atomic E-state index is 0.0327. The number of ether oxygens (including phenoxy) is 1. The van der Waals surface area contributed by atoms with Crippen LogP contribution in [0.4, 0.5) is 5.69 Å². The number of benzene rings is 1. The van der Waals surface area contributed by atoms with Crippen molar-refractivity contribution in [2.75, 3.05) is 64.8 Å². The lowest BCUT2D eigenvalue weighted by molar-refractivity contribution is -0.146. The molecule has 1 N–H and O–H groups in total. The second-order valence-corrected chi connectivity index (χ2v) is 7.97. The number of aryl methyl sites for hydroxylation is 1. The van der Waals surface area contributed by atoms with Gasteiger partial charge in [0.05, 0.1) is 26.1 Å². The highest BCUT2D eigenvalue weighted by Gasteiger charge is 2.25. The summed E-state index contributed by atoms with van der Waals surface area (Å²) in [6, 6.07) is 7.84. The molecule has 8 nitrogen and oxygen atoms in total. The maximum absolute atomic E-state index is 12.7. The number of hydrogen-bond donors (Lipinski definition) is 1. The quantitative estimate of drug-likeness (QED) is 0.564. The van der Waals surface area contributed by atoms with Gasteiger partial charge in [0.2, 0.25) is 11.8 Å². The molecule has 0 aliphatic carbocycles. The molecule has 1 fully saturated rings. The molecule has 1 saturated heterocycles. The molecule has 0 aromatic heterocycles. The van der Waals surface area contributed by atoms with E-state index in [1.165, 1.54) is 7.11 Å². The molecule has 1 aliphatic rings. The summed E-state index contributed by atoms with van der Waals surface area (Å²) in [5.74, 6) is -0.514. The van der Waals surface area contributed by atoms with E-state index in [0.29, 0.717) is 45.8 Å². The van der Waals surface area contributed by atoms with E-state index in [1.807, 2.05) is 47.9 Å². The van der Waals surface area contributed by atoms with Gasteiger partial charge in [0.25, 0.3) is 0 Å². The summed E-state index contributed by atoms with van der Waals surface area (Å²) in [7, 11) is 1.38. The lowest BCUT2D eigenvalue weighted by Gasteiger charge is -2.35. The number of rotatable bonds is 10.